The number of hydroxylamine groups is 1. The van der Waals surface area contributed by atoms with Gasteiger partial charge < -0.3 is 9.84 Å². The average molecular weight is 463 g/mol. The summed E-state index contributed by atoms with van der Waals surface area (Å²) in [6.07, 6.45) is 0.403. The summed E-state index contributed by atoms with van der Waals surface area (Å²) in [5.74, 6) is -2.13. The summed E-state index contributed by atoms with van der Waals surface area (Å²) in [5, 5.41) is 20.9. The van der Waals surface area contributed by atoms with Gasteiger partial charge in [0.05, 0.1) is 0 Å². The molecule has 4 N–H and O–H groups in total. The third-order valence-corrected chi connectivity index (χ3v) is 4.41. The highest BCUT2D eigenvalue weighted by Gasteiger charge is 2.26. The van der Waals surface area contributed by atoms with Gasteiger partial charge in [0.15, 0.2) is 0 Å². The number of nitrogens with one attached hydrogen (secondary N) is 2. The van der Waals surface area contributed by atoms with E-state index in [0.717, 1.165) is 6.08 Å². The Bertz CT molecular complexity index is 916. The second-order valence-corrected chi connectivity index (χ2v) is 6.96. The maximum atomic E-state index is 12.3. The fourth-order valence-electron chi connectivity index (χ4n) is 2.48. The Hall–Kier alpha value is -3.17. The van der Waals surface area contributed by atoms with Gasteiger partial charge in [0.1, 0.15) is 11.9 Å². The lowest BCUT2D eigenvalue weighted by atomic mass is 9.96. The molecule has 0 aliphatic rings. The Labute approximate surface area is 175 Å². The van der Waals surface area contributed by atoms with Crippen LogP contribution >= 0.6 is 15.9 Å². The highest BCUT2D eigenvalue weighted by Crippen LogP contribution is 2.35. The highest BCUT2D eigenvalue weighted by molar-refractivity contribution is 9.10. The standard InChI is InChI=1S/C20H19BrN2O6/c1-12(7-10-17(25)23-28)18(15-11-14(21)8-9-16(15)24)29-20(27)22-19(26)13-5-3-2-4-6-13/h2-12,18,24,28H,1H3,(H,23,25)(H,22,26,27)/b10-7+/t12-,18-/m1/s1. The smallest absolute Gasteiger partial charge is 0.414 e. The van der Waals surface area contributed by atoms with Gasteiger partial charge in [0.2, 0.25) is 0 Å². The number of aromatic hydroxyl groups is 1. The highest BCUT2D eigenvalue weighted by atomic mass is 79.9. The molecule has 0 aromatic heterocycles. The van der Waals surface area contributed by atoms with Crippen LogP contribution in [0.4, 0.5) is 4.79 Å². The topological polar surface area (TPSA) is 125 Å². The molecule has 29 heavy (non-hydrogen) atoms. The molecule has 2 aromatic carbocycles. The molecule has 2 atom stereocenters. The predicted octanol–water partition coefficient (Wildman–Crippen LogP) is 3.46. The normalized spacial score (nSPS) is 12.8. The van der Waals surface area contributed by atoms with Crippen LogP contribution in [0, 0.1) is 5.92 Å². The monoisotopic (exact) mass is 462 g/mol. The number of amides is 3. The molecule has 0 fully saturated rings. The molecule has 0 heterocycles. The van der Waals surface area contributed by atoms with Gasteiger partial charge in [-0.1, -0.05) is 47.1 Å². The van der Waals surface area contributed by atoms with Crippen molar-refractivity contribution in [3.05, 3.63) is 76.3 Å². The van der Waals surface area contributed by atoms with E-state index in [1.54, 1.807) is 49.4 Å². The molecule has 152 valence electrons. The number of phenolic OH excluding ortho intramolecular Hbond substituents is 1. The van der Waals surface area contributed by atoms with Crippen LogP contribution in [0.3, 0.4) is 0 Å². The molecule has 0 aliphatic carbocycles. The quantitative estimate of drug-likeness (QED) is 0.296. The Kier molecular flexibility index (Phi) is 7.93. The average Bonchev–Trinajstić information content (AvgIpc) is 2.72. The van der Waals surface area contributed by atoms with Gasteiger partial charge in [-0.25, -0.2) is 10.3 Å². The van der Waals surface area contributed by atoms with E-state index >= 15 is 0 Å². The zero-order chi connectivity index (χ0) is 21.4. The summed E-state index contributed by atoms with van der Waals surface area (Å²) in [6, 6.07) is 12.7. The molecular weight excluding hydrogens is 444 g/mol. The van der Waals surface area contributed by atoms with Crippen LogP contribution in [0.5, 0.6) is 5.75 Å². The largest absolute Gasteiger partial charge is 0.508 e. The summed E-state index contributed by atoms with van der Waals surface area (Å²) in [7, 11) is 0. The second kappa shape index (κ2) is 10.4. The molecule has 0 radical (unpaired) electrons. The third kappa shape index (κ3) is 6.44. The van der Waals surface area contributed by atoms with E-state index < -0.39 is 29.9 Å². The van der Waals surface area contributed by atoms with Crippen molar-refractivity contribution in [2.24, 2.45) is 5.92 Å². The fourth-order valence-corrected chi connectivity index (χ4v) is 2.86. The summed E-state index contributed by atoms with van der Waals surface area (Å²) in [4.78, 5) is 35.7. The van der Waals surface area contributed by atoms with Gasteiger partial charge in [-0.2, -0.15) is 0 Å². The number of imide groups is 1. The number of carbonyl (C=O) groups is 3. The van der Waals surface area contributed by atoms with E-state index in [1.165, 1.54) is 17.6 Å². The molecular formula is C20H19BrN2O6. The number of alkyl carbamates (subject to hydrolysis) is 1. The maximum Gasteiger partial charge on any atom is 0.414 e. The Balaban J connectivity index is 2.23. The summed E-state index contributed by atoms with van der Waals surface area (Å²) in [5.41, 5.74) is 2.00. The van der Waals surface area contributed by atoms with Gasteiger partial charge in [-0.15, -0.1) is 0 Å². The maximum absolute atomic E-state index is 12.3. The molecule has 0 spiro atoms. The van der Waals surface area contributed by atoms with E-state index in [2.05, 4.69) is 21.2 Å². The second-order valence-electron chi connectivity index (χ2n) is 6.04. The van der Waals surface area contributed by atoms with Crippen LogP contribution in [-0.4, -0.2) is 28.2 Å². The molecule has 0 saturated heterocycles. The number of benzene rings is 2. The number of hydrogen-bond donors (Lipinski definition) is 4. The molecule has 0 saturated carbocycles. The van der Waals surface area contributed by atoms with Crippen molar-refractivity contribution < 1.29 is 29.4 Å². The Morgan fingerprint density at radius 2 is 1.83 bits per heavy atom. The Morgan fingerprint density at radius 3 is 2.48 bits per heavy atom. The summed E-state index contributed by atoms with van der Waals surface area (Å²) in [6.45, 7) is 1.64. The van der Waals surface area contributed by atoms with Gasteiger partial charge >= 0.3 is 6.09 Å². The molecule has 2 aromatic rings. The van der Waals surface area contributed by atoms with E-state index in [9.17, 15) is 19.5 Å². The van der Waals surface area contributed by atoms with Gasteiger partial charge in [-0.05, 0) is 30.3 Å². The summed E-state index contributed by atoms with van der Waals surface area (Å²) >= 11 is 3.29. The predicted molar refractivity (Wildman–Crippen MR) is 107 cm³/mol. The van der Waals surface area contributed by atoms with Crippen LogP contribution in [0.1, 0.15) is 28.9 Å². The minimum atomic E-state index is -1.03. The number of ether oxygens (including phenoxy) is 1. The third-order valence-electron chi connectivity index (χ3n) is 3.92. The van der Waals surface area contributed by atoms with Gasteiger partial charge in [0, 0.05) is 27.6 Å². The van der Waals surface area contributed by atoms with Gasteiger partial charge in [0.25, 0.3) is 11.8 Å². The molecule has 3 amide bonds. The number of rotatable bonds is 6. The van der Waals surface area contributed by atoms with E-state index in [4.69, 9.17) is 9.94 Å². The summed E-state index contributed by atoms with van der Waals surface area (Å²) < 4.78 is 6.02. The first-order valence-corrected chi connectivity index (χ1v) is 9.28. The fraction of sp³-hybridized carbons (Fsp3) is 0.150. The van der Waals surface area contributed by atoms with Crippen LogP contribution < -0.4 is 10.8 Å². The van der Waals surface area contributed by atoms with Crippen molar-refractivity contribution >= 4 is 33.8 Å². The first kappa shape index (κ1) is 22.1. The van der Waals surface area contributed by atoms with E-state index in [0.29, 0.717) is 4.47 Å². The Morgan fingerprint density at radius 1 is 1.14 bits per heavy atom. The zero-order valence-electron chi connectivity index (χ0n) is 15.3. The lowest BCUT2D eigenvalue weighted by Crippen LogP contribution is -2.33. The minimum Gasteiger partial charge on any atom is -0.508 e. The van der Waals surface area contributed by atoms with Crippen LogP contribution in [0.25, 0.3) is 0 Å². The van der Waals surface area contributed by atoms with Crippen LogP contribution in [-0.2, 0) is 9.53 Å². The lowest BCUT2D eigenvalue weighted by molar-refractivity contribution is -0.124. The van der Waals surface area contributed by atoms with Crippen molar-refractivity contribution in [1.82, 2.24) is 10.8 Å². The van der Waals surface area contributed by atoms with Crippen molar-refractivity contribution in [3.63, 3.8) is 0 Å². The first-order chi connectivity index (χ1) is 13.8. The van der Waals surface area contributed by atoms with E-state index in [1.807, 2.05) is 0 Å². The van der Waals surface area contributed by atoms with Crippen molar-refractivity contribution in [1.29, 1.82) is 0 Å². The molecule has 9 heteroatoms. The number of hydrogen-bond acceptors (Lipinski definition) is 6. The van der Waals surface area contributed by atoms with Gasteiger partial charge in [-0.3, -0.25) is 20.1 Å². The number of halogens is 1. The van der Waals surface area contributed by atoms with Crippen molar-refractivity contribution in [3.8, 4) is 5.75 Å². The van der Waals surface area contributed by atoms with E-state index in [-0.39, 0.29) is 16.9 Å². The SMILES string of the molecule is C[C@H](/C=C/C(=O)NO)[C@@H](OC(=O)NC(=O)c1ccccc1)c1cc(Br)ccc1O. The molecule has 2 rings (SSSR count). The minimum absolute atomic E-state index is 0.132. The molecule has 0 aliphatic heterocycles. The molecule has 8 nitrogen and oxygen atoms in total. The number of phenols is 1. The van der Waals surface area contributed by atoms with Crippen molar-refractivity contribution in [2.75, 3.05) is 0 Å². The zero-order valence-corrected chi connectivity index (χ0v) is 16.9. The van der Waals surface area contributed by atoms with Crippen LogP contribution in [0.2, 0.25) is 0 Å². The first-order valence-electron chi connectivity index (χ1n) is 8.49. The molecule has 0 bridgehead atoms. The molecule has 0 unspecified atom stereocenters. The van der Waals surface area contributed by atoms with Crippen LogP contribution in [0.15, 0.2) is 65.2 Å². The lowest BCUT2D eigenvalue weighted by Gasteiger charge is -2.23. The number of carbonyl (C=O) groups excluding carboxylic acids is 3. The van der Waals surface area contributed by atoms with Crippen molar-refractivity contribution in [2.45, 2.75) is 13.0 Å².